The number of aryl methyl sites for hydroxylation is 1. The lowest BCUT2D eigenvalue weighted by atomic mass is 10.0. The fourth-order valence-electron chi connectivity index (χ4n) is 2.44. The van der Waals surface area contributed by atoms with E-state index in [4.69, 9.17) is 18.0 Å². The van der Waals surface area contributed by atoms with Crippen LogP contribution in [-0.4, -0.2) is 9.97 Å². The quantitative estimate of drug-likeness (QED) is 0.701. The molecule has 1 heterocycles. The van der Waals surface area contributed by atoms with Crippen molar-refractivity contribution in [1.29, 1.82) is 0 Å². The van der Waals surface area contributed by atoms with E-state index in [9.17, 15) is 8.78 Å². The third-order valence-electron chi connectivity index (χ3n) is 3.45. The number of hydrogen-bond acceptors (Lipinski definition) is 1. The van der Waals surface area contributed by atoms with E-state index < -0.39 is 0 Å². The average molecular weight is 302 g/mol. The van der Waals surface area contributed by atoms with Crippen molar-refractivity contribution in [3.05, 3.63) is 59.2 Å². The largest absolute Gasteiger partial charge is 0.389 e. The van der Waals surface area contributed by atoms with E-state index in [-0.39, 0.29) is 16.6 Å². The summed E-state index contributed by atoms with van der Waals surface area (Å²) in [5.41, 5.74) is 9.05. The van der Waals surface area contributed by atoms with E-state index in [1.807, 2.05) is 0 Å². The van der Waals surface area contributed by atoms with Gasteiger partial charge in [0.2, 0.25) is 0 Å². The van der Waals surface area contributed by atoms with E-state index in [0.717, 1.165) is 11.1 Å². The van der Waals surface area contributed by atoms with Gasteiger partial charge in [0.25, 0.3) is 0 Å². The molecule has 0 saturated carbocycles. The van der Waals surface area contributed by atoms with Crippen molar-refractivity contribution in [3.8, 4) is 11.3 Å². The molecule has 0 aliphatic heterocycles. The van der Waals surface area contributed by atoms with Gasteiger partial charge in [-0.25, -0.2) is 8.78 Å². The van der Waals surface area contributed by atoms with Crippen LogP contribution in [0.3, 0.4) is 0 Å². The second kappa shape index (κ2) is 4.93. The molecule has 0 unspecified atom stereocenters. The number of halogens is 2. The highest BCUT2D eigenvalue weighted by Gasteiger charge is 2.16. The van der Waals surface area contributed by atoms with Crippen molar-refractivity contribution in [2.75, 3.05) is 0 Å². The van der Waals surface area contributed by atoms with Crippen LogP contribution in [0.5, 0.6) is 0 Å². The van der Waals surface area contributed by atoms with Gasteiger partial charge in [0.1, 0.15) is 16.6 Å². The third-order valence-corrected chi connectivity index (χ3v) is 3.66. The highest BCUT2D eigenvalue weighted by molar-refractivity contribution is 7.80. The molecule has 3 rings (SSSR count). The third kappa shape index (κ3) is 2.29. The number of aromatic nitrogens is 1. The van der Waals surface area contributed by atoms with Gasteiger partial charge >= 0.3 is 0 Å². The fourth-order valence-corrected chi connectivity index (χ4v) is 2.65. The van der Waals surface area contributed by atoms with E-state index in [1.165, 1.54) is 18.2 Å². The maximum Gasteiger partial charge on any atom is 0.126 e. The van der Waals surface area contributed by atoms with Gasteiger partial charge in [-0.15, -0.1) is 0 Å². The Labute approximate surface area is 125 Å². The van der Waals surface area contributed by atoms with E-state index >= 15 is 0 Å². The van der Waals surface area contributed by atoms with Gasteiger partial charge < -0.3 is 10.7 Å². The lowest BCUT2D eigenvalue weighted by molar-refractivity contribution is 0.619. The second-order valence-corrected chi connectivity index (χ2v) is 5.33. The highest BCUT2D eigenvalue weighted by Crippen LogP contribution is 2.31. The second-order valence-electron chi connectivity index (χ2n) is 4.89. The zero-order chi connectivity index (χ0) is 15.1. The number of fused-ring (bicyclic) bond motifs is 1. The molecular formula is C16H12F2N2S. The van der Waals surface area contributed by atoms with Crippen LogP contribution >= 0.6 is 12.2 Å². The zero-order valence-corrected chi connectivity index (χ0v) is 12.0. The molecule has 0 aliphatic carbocycles. The zero-order valence-electron chi connectivity index (χ0n) is 11.2. The maximum atomic E-state index is 13.5. The lowest BCUT2D eigenvalue weighted by Crippen LogP contribution is -2.10. The standard InChI is InChI=1S/C16H12F2N2S/c1-8-6-9(2-4-12(8)18)15-14(16(19)21)11-7-10(17)3-5-13(11)20-15/h2-7,20H,1H3,(H2,19,21). The highest BCUT2D eigenvalue weighted by atomic mass is 32.1. The Balaban J connectivity index is 2.33. The summed E-state index contributed by atoms with van der Waals surface area (Å²) in [6.45, 7) is 1.68. The Kier molecular flexibility index (Phi) is 3.22. The van der Waals surface area contributed by atoms with Crippen LogP contribution in [0, 0.1) is 18.6 Å². The van der Waals surface area contributed by atoms with Gasteiger partial charge in [0, 0.05) is 16.5 Å². The molecule has 2 aromatic carbocycles. The van der Waals surface area contributed by atoms with E-state index in [2.05, 4.69) is 4.98 Å². The molecule has 0 spiro atoms. The summed E-state index contributed by atoms with van der Waals surface area (Å²) >= 11 is 5.09. The predicted octanol–water partition coefficient (Wildman–Crippen LogP) is 4.06. The molecule has 0 saturated heterocycles. The average Bonchev–Trinajstić information content (AvgIpc) is 2.80. The van der Waals surface area contributed by atoms with Crippen LogP contribution in [0.2, 0.25) is 0 Å². The summed E-state index contributed by atoms with van der Waals surface area (Å²) in [6, 6.07) is 9.12. The summed E-state index contributed by atoms with van der Waals surface area (Å²) in [5.74, 6) is -0.640. The molecule has 0 radical (unpaired) electrons. The van der Waals surface area contributed by atoms with Crippen LogP contribution < -0.4 is 5.73 Å². The Bertz CT molecular complexity index is 868. The number of hydrogen-bond donors (Lipinski definition) is 2. The molecule has 5 heteroatoms. The SMILES string of the molecule is Cc1cc(-c2[nH]c3ccc(F)cc3c2C(N)=S)ccc1F. The Morgan fingerprint density at radius 2 is 1.90 bits per heavy atom. The van der Waals surface area contributed by atoms with Crippen LogP contribution in [0.1, 0.15) is 11.1 Å². The summed E-state index contributed by atoms with van der Waals surface area (Å²) in [7, 11) is 0. The molecule has 0 atom stereocenters. The van der Waals surface area contributed by atoms with Crippen molar-refractivity contribution >= 4 is 28.1 Å². The molecule has 0 fully saturated rings. The molecule has 21 heavy (non-hydrogen) atoms. The monoisotopic (exact) mass is 302 g/mol. The Morgan fingerprint density at radius 3 is 2.57 bits per heavy atom. The predicted molar refractivity (Wildman–Crippen MR) is 84.3 cm³/mol. The molecule has 2 nitrogen and oxygen atoms in total. The minimum absolute atomic E-state index is 0.170. The van der Waals surface area contributed by atoms with Crippen molar-refractivity contribution in [3.63, 3.8) is 0 Å². The number of nitrogens with one attached hydrogen (secondary N) is 1. The van der Waals surface area contributed by atoms with Gasteiger partial charge in [-0.3, -0.25) is 0 Å². The summed E-state index contributed by atoms with van der Waals surface area (Å²) in [6.07, 6.45) is 0. The van der Waals surface area contributed by atoms with E-state index in [1.54, 1.807) is 25.1 Å². The molecular weight excluding hydrogens is 290 g/mol. The van der Waals surface area contributed by atoms with E-state index in [0.29, 0.717) is 22.2 Å². The van der Waals surface area contributed by atoms with Crippen LogP contribution in [0.25, 0.3) is 22.2 Å². The number of aromatic amines is 1. The van der Waals surface area contributed by atoms with Gasteiger partial charge in [0.05, 0.1) is 5.69 Å². The van der Waals surface area contributed by atoms with Crippen LogP contribution in [0.4, 0.5) is 8.78 Å². The van der Waals surface area contributed by atoms with Gasteiger partial charge in [0.15, 0.2) is 0 Å². The van der Waals surface area contributed by atoms with Crippen LogP contribution in [0.15, 0.2) is 36.4 Å². The number of nitrogens with two attached hydrogens (primary N) is 1. The number of thiocarbonyl (C=S) groups is 1. The van der Waals surface area contributed by atoms with Crippen molar-refractivity contribution in [2.45, 2.75) is 6.92 Å². The van der Waals surface area contributed by atoms with Crippen molar-refractivity contribution in [2.24, 2.45) is 5.73 Å². The van der Waals surface area contributed by atoms with Gasteiger partial charge in [-0.05, 0) is 54.4 Å². The Hall–Kier alpha value is -2.27. The summed E-state index contributed by atoms with van der Waals surface area (Å²) < 4.78 is 26.9. The van der Waals surface area contributed by atoms with Crippen LogP contribution in [-0.2, 0) is 0 Å². The first kappa shape index (κ1) is 13.7. The summed E-state index contributed by atoms with van der Waals surface area (Å²) in [4.78, 5) is 3.35. The number of rotatable bonds is 2. The molecule has 0 bridgehead atoms. The minimum atomic E-state index is -0.360. The van der Waals surface area contributed by atoms with Gasteiger partial charge in [-0.1, -0.05) is 12.2 Å². The normalized spacial score (nSPS) is 11.0. The minimum Gasteiger partial charge on any atom is -0.389 e. The molecule has 0 aliphatic rings. The maximum absolute atomic E-state index is 13.5. The molecule has 3 N–H and O–H groups in total. The Morgan fingerprint density at radius 1 is 1.14 bits per heavy atom. The number of H-pyrrole nitrogens is 1. The first-order valence-corrected chi connectivity index (χ1v) is 6.76. The smallest absolute Gasteiger partial charge is 0.126 e. The molecule has 0 amide bonds. The van der Waals surface area contributed by atoms with Crippen molar-refractivity contribution < 1.29 is 8.78 Å². The molecule has 106 valence electrons. The molecule has 1 aromatic heterocycles. The first-order chi connectivity index (χ1) is 9.97. The topological polar surface area (TPSA) is 41.8 Å². The van der Waals surface area contributed by atoms with Gasteiger partial charge in [-0.2, -0.15) is 0 Å². The molecule has 3 aromatic rings. The number of benzene rings is 2. The fraction of sp³-hybridized carbons (Fsp3) is 0.0625. The first-order valence-electron chi connectivity index (χ1n) is 6.35. The van der Waals surface area contributed by atoms with Crippen molar-refractivity contribution in [1.82, 2.24) is 4.98 Å². The summed E-state index contributed by atoms with van der Waals surface area (Å²) in [5, 5.41) is 0.625. The lowest BCUT2D eigenvalue weighted by Gasteiger charge is -2.05.